The van der Waals surface area contributed by atoms with E-state index in [-0.39, 0.29) is 0 Å². The predicted octanol–water partition coefficient (Wildman–Crippen LogP) is 5.87. The Morgan fingerprint density at radius 3 is 1.85 bits per heavy atom. The third-order valence-electron chi connectivity index (χ3n) is 4.77. The molecule has 0 saturated carbocycles. The van der Waals surface area contributed by atoms with Gasteiger partial charge < -0.3 is 11.1 Å². The SMILES string of the molecule is Nc1cc2ccccc2cc1Nc1c2ccccc2nc2ccccc12. The number of para-hydroxylation sites is 2. The lowest BCUT2D eigenvalue weighted by Crippen LogP contribution is -1.99. The van der Waals surface area contributed by atoms with Gasteiger partial charge in [-0.1, -0.05) is 60.7 Å². The van der Waals surface area contributed by atoms with Crippen molar-refractivity contribution in [2.45, 2.75) is 0 Å². The first-order valence-corrected chi connectivity index (χ1v) is 8.62. The van der Waals surface area contributed by atoms with Crippen molar-refractivity contribution in [2.24, 2.45) is 0 Å². The number of benzene rings is 4. The predicted molar refractivity (Wildman–Crippen MR) is 111 cm³/mol. The molecule has 0 aliphatic rings. The number of hydrogen-bond acceptors (Lipinski definition) is 3. The number of anilines is 3. The van der Waals surface area contributed by atoms with E-state index in [9.17, 15) is 0 Å². The lowest BCUT2D eigenvalue weighted by atomic mass is 10.1. The van der Waals surface area contributed by atoms with E-state index in [4.69, 9.17) is 10.7 Å². The van der Waals surface area contributed by atoms with Gasteiger partial charge in [-0.05, 0) is 35.0 Å². The van der Waals surface area contributed by atoms with Crippen LogP contribution >= 0.6 is 0 Å². The van der Waals surface area contributed by atoms with Crippen molar-refractivity contribution in [1.82, 2.24) is 4.98 Å². The summed E-state index contributed by atoms with van der Waals surface area (Å²) in [6.45, 7) is 0. The van der Waals surface area contributed by atoms with Gasteiger partial charge >= 0.3 is 0 Å². The first-order valence-electron chi connectivity index (χ1n) is 8.62. The maximum absolute atomic E-state index is 6.34. The van der Waals surface area contributed by atoms with Crippen LogP contribution in [0.1, 0.15) is 0 Å². The minimum absolute atomic E-state index is 0.730. The van der Waals surface area contributed by atoms with Crippen molar-refractivity contribution in [1.29, 1.82) is 0 Å². The molecule has 26 heavy (non-hydrogen) atoms. The zero-order valence-corrected chi connectivity index (χ0v) is 14.1. The van der Waals surface area contributed by atoms with Crippen LogP contribution in [0.15, 0.2) is 84.9 Å². The minimum Gasteiger partial charge on any atom is -0.397 e. The number of pyridine rings is 1. The van der Waals surface area contributed by atoms with Crippen molar-refractivity contribution >= 4 is 49.6 Å². The minimum atomic E-state index is 0.730. The molecule has 0 bridgehead atoms. The lowest BCUT2D eigenvalue weighted by Gasteiger charge is -2.15. The highest BCUT2D eigenvalue weighted by molar-refractivity contribution is 6.09. The first-order chi connectivity index (χ1) is 12.8. The average Bonchev–Trinajstić information content (AvgIpc) is 2.68. The van der Waals surface area contributed by atoms with Crippen molar-refractivity contribution in [3.05, 3.63) is 84.9 Å². The summed E-state index contributed by atoms with van der Waals surface area (Å²) in [4.78, 5) is 4.78. The second-order valence-electron chi connectivity index (χ2n) is 6.43. The molecule has 0 saturated heterocycles. The van der Waals surface area contributed by atoms with Crippen molar-refractivity contribution in [3.63, 3.8) is 0 Å². The van der Waals surface area contributed by atoms with Gasteiger partial charge in [0.1, 0.15) is 0 Å². The summed E-state index contributed by atoms with van der Waals surface area (Å²) in [5.41, 5.74) is 10.9. The smallest absolute Gasteiger partial charge is 0.0730 e. The van der Waals surface area contributed by atoms with Gasteiger partial charge in [-0.15, -0.1) is 0 Å². The number of fused-ring (bicyclic) bond motifs is 3. The molecule has 0 atom stereocenters. The molecule has 5 aromatic rings. The summed E-state index contributed by atoms with van der Waals surface area (Å²) in [6, 6.07) is 28.7. The van der Waals surface area contributed by atoms with Crippen LogP contribution in [0.3, 0.4) is 0 Å². The fraction of sp³-hybridized carbons (Fsp3) is 0. The zero-order chi connectivity index (χ0) is 17.5. The third-order valence-corrected chi connectivity index (χ3v) is 4.77. The van der Waals surface area contributed by atoms with Crippen molar-refractivity contribution in [3.8, 4) is 0 Å². The molecular weight excluding hydrogens is 318 g/mol. The summed E-state index contributed by atoms with van der Waals surface area (Å²) in [6.07, 6.45) is 0. The monoisotopic (exact) mass is 335 g/mol. The van der Waals surface area contributed by atoms with Crippen LogP contribution in [-0.4, -0.2) is 4.98 Å². The van der Waals surface area contributed by atoms with E-state index in [1.165, 1.54) is 0 Å². The highest BCUT2D eigenvalue weighted by Crippen LogP contribution is 2.35. The highest BCUT2D eigenvalue weighted by atomic mass is 14.9. The number of aromatic nitrogens is 1. The number of nitrogen functional groups attached to an aromatic ring is 1. The molecule has 0 spiro atoms. The van der Waals surface area contributed by atoms with Crippen LogP contribution in [0.4, 0.5) is 17.1 Å². The van der Waals surface area contributed by atoms with E-state index in [1.54, 1.807) is 0 Å². The molecule has 0 aliphatic heterocycles. The molecule has 1 aromatic heterocycles. The van der Waals surface area contributed by atoms with Gasteiger partial charge in [0.05, 0.1) is 28.1 Å². The van der Waals surface area contributed by atoms with E-state index in [0.717, 1.165) is 49.6 Å². The largest absolute Gasteiger partial charge is 0.397 e. The fourth-order valence-electron chi connectivity index (χ4n) is 3.48. The molecule has 3 N–H and O–H groups in total. The lowest BCUT2D eigenvalue weighted by molar-refractivity contribution is 1.49. The van der Waals surface area contributed by atoms with Crippen LogP contribution in [0.2, 0.25) is 0 Å². The van der Waals surface area contributed by atoms with Gasteiger partial charge in [0.25, 0.3) is 0 Å². The van der Waals surface area contributed by atoms with Crippen LogP contribution < -0.4 is 11.1 Å². The third kappa shape index (κ3) is 2.33. The normalized spacial score (nSPS) is 11.2. The average molecular weight is 335 g/mol. The molecule has 3 heteroatoms. The summed E-state index contributed by atoms with van der Waals surface area (Å²) in [5, 5.41) is 8.05. The zero-order valence-electron chi connectivity index (χ0n) is 14.1. The Bertz CT molecular complexity index is 1220. The Balaban J connectivity index is 1.77. The number of rotatable bonds is 2. The maximum atomic E-state index is 6.34. The molecule has 1 heterocycles. The van der Waals surface area contributed by atoms with E-state index >= 15 is 0 Å². The molecule has 4 aromatic carbocycles. The van der Waals surface area contributed by atoms with Crippen molar-refractivity contribution in [2.75, 3.05) is 11.1 Å². The van der Waals surface area contributed by atoms with Gasteiger partial charge in [-0.2, -0.15) is 0 Å². The molecule has 3 nitrogen and oxygen atoms in total. The second-order valence-corrected chi connectivity index (χ2v) is 6.43. The Labute approximate surface area is 151 Å². The molecule has 0 fully saturated rings. The maximum Gasteiger partial charge on any atom is 0.0730 e. The van der Waals surface area contributed by atoms with Gasteiger partial charge in [0, 0.05) is 10.8 Å². The van der Waals surface area contributed by atoms with Crippen LogP contribution in [0, 0.1) is 0 Å². The molecule has 0 radical (unpaired) electrons. The summed E-state index contributed by atoms with van der Waals surface area (Å²) in [5.74, 6) is 0. The van der Waals surface area contributed by atoms with E-state index in [1.807, 2.05) is 54.6 Å². The van der Waals surface area contributed by atoms with E-state index < -0.39 is 0 Å². The molecule has 0 amide bonds. The van der Waals surface area contributed by atoms with Crippen LogP contribution in [0.25, 0.3) is 32.6 Å². The molecule has 0 aliphatic carbocycles. The Morgan fingerprint density at radius 2 is 1.19 bits per heavy atom. The standard InChI is InChI=1S/C23H17N3/c24-19-13-15-7-1-2-8-16(15)14-22(19)26-23-17-9-3-5-11-20(17)25-21-12-6-4-10-18(21)23/h1-14H,24H2,(H,25,26). The van der Waals surface area contributed by atoms with E-state index in [2.05, 4.69) is 35.6 Å². The fourth-order valence-corrected chi connectivity index (χ4v) is 3.48. The molecular formula is C23H17N3. The van der Waals surface area contributed by atoms with Gasteiger partial charge in [0.15, 0.2) is 0 Å². The van der Waals surface area contributed by atoms with Crippen LogP contribution in [-0.2, 0) is 0 Å². The van der Waals surface area contributed by atoms with Crippen LogP contribution in [0.5, 0.6) is 0 Å². The Morgan fingerprint density at radius 1 is 0.654 bits per heavy atom. The second kappa shape index (κ2) is 5.74. The quantitative estimate of drug-likeness (QED) is 0.313. The van der Waals surface area contributed by atoms with Gasteiger partial charge in [-0.3, -0.25) is 0 Å². The summed E-state index contributed by atoms with van der Waals surface area (Å²) in [7, 11) is 0. The number of hydrogen-bond donors (Lipinski definition) is 2. The Kier molecular flexibility index (Phi) is 3.25. The van der Waals surface area contributed by atoms with Crippen molar-refractivity contribution < 1.29 is 0 Å². The summed E-state index contributed by atoms with van der Waals surface area (Å²) < 4.78 is 0. The van der Waals surface area contributed by atoms with E-state index in [0.29, 0.717) is 0 Å². The van der Waals surface area contributed by atoms with Gasteiger partial charge in [-0.25, -0.2) is 4.98 Å². The molecule has 0 unspecified atom stereocenters. The first kappa shape index (κ1) is 14.7. The number of nitrogens with two attached hydrogens (primary N) is 1. The number of nitrogens with one attached hydrogen (secondary N) is 1. The number of nitrogens with zero attached hydrogens (tertiary/aromatic N) is 1. The molecule has 5 rings (SSSR count). The highest BCUT2D eigenvalue weighted by Gasteiger charge is 2.10. The Hall–Kier alpha value is -3.59. The molecule has 124 valence electrons. The summed E-state index contributed by atoms with van der Waals surface area (Å²) >= 11 is 0. The van der Waals surface area contributed by atoms with Gasteiger partial charge in [0.2, 0.25) is 0 Å². The topological polar surface area (TPSA) is 50.9 Å².